The smallest absolute Gasteiger partial charge is 0.171 e. The molecule has 0 unspecified atom stereocenters. The van der Waals surface area contributed by atoms with Gasteiger partial charge in [-0.05, 0) is 61.7 Å². The van der Waals surface area contributed by atoms with Crippen molar-refractivity contribution in [3.05, 3.63) is 66.0 Å². The lowest BCUT2D eigenvalue weighted by molar-refractivity contribution is 0.362. The van der Waals surface area contributed by atoms with Crippen LogP contribution >= 0.6 is 12.2 Å². The van der Waals surface area contributed by atoms with Crippen LogP contribution in [0.4, 0.5) is 10.1 Å². The summed E-state index contributed by atoms with van der Waals surface area (Å²) in [5, 5.41) is 7.22. The van der Waals surface area contributed by atoms with Gasteiger partial charge in [-0.25, -0.2) is 4.39 Å². The first kappa shape index (κ1) is 16.9. The maximum absolute atomic E-state index is 13.3. The molecule has 0 spiro atoms. The summed E-state index contributed by atoms with van der Waals surface area (Å²) in [6, 6.07) is 17.0. The van der Waals surface area contributed by atoms with Gasteiger partial charge in [0.05, 0.1) is 0 Å². The Kier molecular flexibility index (Phi) is 5.46. The van der Waals surface area contributed by atoms with Gasteiger partial charge in [0.1, 0.15) is 5.82 Å². The van der Waals surface area contributed by atoms with Crippen molar-refractivity contribution in [2.45, 2.75) is 44.1 Å². The van der Waals surface area contributed by atoms with Gasteiger partial charge in [0.15, 0.2) is 5.11 Å². The van der Waals surface area contributed by atoms with Crippen molar-refractivity contribution in [2.24, 2.45) is 0 Å². The minimum absolute atomic E-state index is 0.0489. The average molecular weight is 342 g/mol. The van der Waals surface area contributed by atoms with Gasteiger partial charge < -0.3 is 10.6 Å². The lowest BCUT2D eigenvalue weighted by Crippen LogP contribution is -2.48. The van der Waals surface area contributed by atoms with E-state index in [1.165, 1.54) is 30.5 Å². The monoisotopic (exact) mass is 342 g/mol. The molecule has 0 atom stereocenters. The van der Waals surface area contributed by atoms with E-state index in [2.05, 4.69) is 34.9 Å². The van der Waals surface area contributed by atoms with Crippen molar-refractivity contribution < 1.29 is 4.39 Å². The topological polar surface area (TPSA) is 24.1 Å². The normalized spacial score (nSPS) is 15.9. The Balaban J connectivity index is 1.61. The summed E-state index contributed by atoms with van der Waals surface area (Å²) in [7, 11) is 0. The van der Waals surface area contributed by atoms with E-state index in [0.29, 0.717) is 10.8 Å². The minimum Gasteiger partial charge on any atom is -0.357 e. The van der Waals surface area contributed by atoms with Crippen LogP contribution in [0.25, 0.3) is 0 Å². The molecule has 3 rings (SSSR count). The third kappa shape index (κ3) is 4.54. The van der Waals surface area contributed by atoms with Crippen LogP contribution < -0.4 is 10.6 Å². The third-order valence-electron chi connectivity index (χ3n) is 4.76. The third-order valence-corrected chi connectivity index (χ3v) is 4.96. The second-order valence-corrected chi connectivity index (χ2v) is 6.97. The molecule has 4 heteroatoms. The SMILES string of the molecule is Fc1cccc(NC(=S)NC2(CCc3ccccc3)CCCC2)c1. The lowest BCUT2D eigenvalue weighted by Gasteiger charge is -2.32. The number of aryl methyl sites for hydroxylation is 1. The Morgan fingerprint density at radius 3 is 2.50 bits per heavy atom. The van der Waals surface area contributed by atoms with Crippen LogP contribution in [-0.4, -0.2) is 10.7 Å². The standard InChI is InChI=1S/C20H23FN2S/c21-17-9-6-10-18(15-17)22-19(24)23-20(12-4-5-13-20)14-11-16-7-2-1-3-8-16/h1-3,6-10,15H,4-5,11-14H2,(H2,22,23,24). The second kappa shape index (κ2) is 7.75. The molecule has 1 fully saturated rings. The quantitative estimate of drug-likeness (QED) is 0.743. The highest BCUT2D eigenvalue weighted by atomic mass is 32.1. The van der Waals surface area contributed by atoms with Crippen LogP contribution in [-0.2, 0) is 6.42 Å². The maximum atomic E-state index is 13.3. The summed E-state index contributed by atoms with van der Waals surface area (Å²) < 4.78 is 13.3. The molecule has 0 amide bonds. The van der Waals surface area contributed by atoms with Gasteiger partial charge >= 0.3 is 0 Å². The van der Waals surface area contributed by atoms with E-state index in [0.717, 1.165) is 25.7 Å². The predicted octanol–water partition coefficient (Wildman–Crippen LogP) is 5.06. The van der Waals surface area contributed by atoms with Crippen LogP contribution in [0.2, 0.25) is 0 Å². The number of hydrogen-bond donors (Lipinski definition) is 2. The Morgan fingerprint density at radius 1 is 1.04 bits per heavy atom. The first-order chi connectivity index (χ1) is 11.7. The van der Waals surface area contributed by atoms with Gasteiger partial charge in [0.2, 0.25) is 0 Å². The second-order valence-electron chi connectivity index (χ2n) is 6.56. The zero-order valence-corrected chi connectivity index (χ0v) is 14.5. The van der Waals surface area contributed by atoms with Crippen LogP contribution in [0.5, 0.6) is 0 Å². The number of halogens is 1. The van der Waals surface area contributed by atoms with E-state index >= 15 is 0 Å². The summed E-state index contributed by atoms with van der Waals surface area (Å²) in [4.78, 5) is 0. The average Bonchev–Trinajstić information content (AvgIpc) is 3.02. The van der Waals surface area contributed by atoms with Crippen LogP contribution in [0, 0.1) is 5.82 Å². The van der Waals surface area contributed by atoms with Gasteiger partial charge in [-0.15, -0.1) is 0 Å². The molecular weight excluding hydrogens is 319 g/mol. The van der Waals surface area contributed by atoms with Crippen molar-refractivity contribution >= 4 is 23.0 Å². The van der Waals surface area contributed by atoms with Gasteiger partial charge in [0.25, 0.3) is 0 Å². The van der Waals surface area contributed by atoms with Gasteiger partial charge in [0, 0.05) is 11.2 Å². The fourth-order valence-electron chi connectivity index (χ4n) is 3.49. The first-order valence-corrected chi connectivity index (χ1v) is 8.95. The van der Waals surface area contributed by atoms with Crippen LogP contribution in [0.15, 0.2) is 54.6 Å². The fraction of sp³-hybridized carbons (Fsp3) is 0.350. The summed E-state index contributed by atoms with van der Waals surface area (Å²) in [5.74, 6) is -0.262. The molecule has 0 aromatic heterocycles. The molecule has 2 aromatic carbocycles. The minimum atomic E-state index is -0.262. The number of nitrogens with one attached hydrogen (secondary N) is 2. The fourth-order valence-corrected chi connectivity index (χ4v) is 3.82. The van der Waals surface area contributed by atoms with Crippen molar-refractivity contribution in [3.8, 4) is 0 Å². The van der Waals surface area contributed by atoms with Gasteiger partial charge in [-0.1, -0.05) is 49.2 Å². The molecule has 0 heterocycles. The Hall–Kier alpha value is -1.94. The Bertz CT molecular complexity index is 681. The maximum Gasteiger partial charge on any atom is 0.171 e. The largest absolute Gasteiger partial charge is 0.357 e. The molecule has 0 bridgehead atoms. The van der Waals surface area contributed by atoms with Crippen LogP contribution in [0.1, 0.15) is 37.7 Å². The number of anilines is 1. The Labute approximate surface area is 148 Å². The van der Waals surface area contributed by atoms with E-state index < -0.39 is 0 Å². The van der Waals surface area contributed by atoms with Crippen molar-refractivity contribution in [1.29, 1.82) is 0 Å². The van der Waals surface area contributed by atoms with Crippen molar-refractivity contribution in [2.75, 3.05) is 5.32 Å². The molecule has 0 saturated heterocycles. The molecule has 2 N–H and O–H groups in total. The van der Waals surface area contributed by atoms with E-state index in [1.54, 1.807) is 6.07 Å². The molecule has 0 aliphatic heterocycles. The summed E-state index contributed by atoms with van der Waals surface area (Å²) >= 11 is 5.47. The molecule has 1 saturated carbocycles. The summed E-state index contributed by atoms with van der Waals surface area (Å²) in [6.07, 6.45) is 6.81. The van der Waals surface area contributed by atoms with E-state index in [-0.39, 0.29) is 11.4 Å². The lowest BCUT2D eigenvalue weighted by atomic mass is 9.89. The van der Waals surface area contributed by atoms with Gasteiger partial charge in [-0.2, -0.15) is 0 Å². The van der Waals surface area contributed by atoms with E-state index in [4.69, 9.17) is 12.2 Å². The van der Waals surface area contributed by atoms with Gasteiger partial charge in [-0.3, -0.25) is 0 Å². The number of benzene rings is 2. The molecule has 2 nitrogen and oxygen atoms in total. The first-order valence-electron chi connectivity index (χ1n) is 8.54. The Morgan fingerprint density at radius 2 is 1.79 bits per heavy atom. The predicted molar refractivity (Wildman–Crippen MR) is 102 cm³/mol. The number of hydrogen-bond acceptors (Lipinski definition) is 1. The van der Waals surface area contributed by atoms with E-state index in [9.17, 15) is 4.39 Å². The molecule has 0 radical (unpaired) electrons. The zero-order chi connectivity index (χ0) is 16.8. The van der Waals surface area contributed by atoms with Crippen LogP contribution in [0.3, 0.4) is 0 Å². The molecule has 1 aliphatic carbocycles. The summed E-state index contributed by atoms with van der Waals surface area (Å²) in [5.41, 5.74) is 2.09. The zero-order valence-electron chi connectivity index (χ0n) is 13.7. The molecular formula is C20H23FN2S. The highest BCUT2D eigenvalue weighted by molar-refractivity contribution is 7.80. The molecule has 2 aromatic rings. The number of rotatable bonds is 5. The highest BCUT2D eigenvalue weighted by Crippen LogP contribution is 2.33. The molecule has 1 aliphatic rings. The van der Waals surface area contributed by atoms with E-state index in [1.807, 2.05) is 12.1 Å². The van der Waals surface area contributed by atoms with Crippen molar-refractivity contribution in [3.63, 3.8) is 0 Å². The summed E-state index contributed by atoms with van der Waals surface area (Å²) in [6.45, 7) is 0. The number of thiocarbonyl (C=S) groups is 1. The molecule has 126 valence electrons. The highest BCUT2D eigenvalue weighted by Gasteiger charge is 2.33. The van der Waals surface area contributed by atoms with Crippen molar-refractivity contribution in [1.82, 2.24) is 5.32 Å². The molecule has 24 heavy (non-hydrogen) atoms.